The highest BCUT2D eigenvalue weighted by Crippen LogP contribution is 2.46. The number of methoxy groups -OCH3 is 3. The Hall–Kier alpha value is -4.46. The van der Waals surface area contributed by atoms with Crippen molar-refractivity contribution in [3.8, 4) is 23.0 Å². The van der Waals surface area contributed by atoms with Crippen LogP contribution in [0.15, 0.2) is 72.3 Å². The highest BCUT2D eigenvalue weighted by Gasteiger charge is 2.48. The molecule has 1 atom stereocenters. The molecule has 8 nitrogen and oxygen atoms in total. The second-order valence-electron chi connectivity index (χ2n) is 8.32. The first-order chi connectivity index (χ1) is 17.9. The number of para-hydroxylation sites is 1. The molecule has 1 aliphatic rings. The first-order valence-electron chi connectivity index (χ1n) is 11.8. The summed E-state index contributed by atoms with van der Waals surface area (Å²) in [5.74, 6) is -0.142. The van der Waals surface area contributed by atoms with Gasteiger partial charge in [0.25, 0.3) is 11.7 Å². The largest absolute Gasteiger partial charge is 0.507 e. The lowest BCUT2D eigenvalue weighted by Gasteiger charge is -2.27. The highest BCUT2D eigenvalue weighted by atomic mass is 16.5. The van der Waals surface area contributed by atoms with Crippen LogP contribution in [0, 0.1) is 0 Å². The minimum atomic E-state index is -0.968. The first kappa shape index (κ1) is 25.6. The number of Topliss-reactive ketones (excluding diaryl/α,β-unsaturated/α-hetero) is 1. The summed E-state index contributed by atoms with van der Waals surface area (Å²) in [5, 5.41) is 11.5. The molecule has 1 heterocycles. The third kappa shape index (κ3) is 4.82. The summed E-state index contributed by atoms with van der Waals surface area (Å²) in [4.78, 5) is 28.4. The maximum Gasteiger partial charge on any atom is 0.300 e. The molecule has 0 aromatic heterocycles. The number of nitrogens with zero attached hydrogens (tertiary/aromatic N) is 1. The van der Waals surface area contributed by atoms with Gasteiger partial charge in [-0.15, -0.1) is 0 Å². The molecule has 0 bridgehead atoms. The molecule has 4 rings (SSSR count). The van der Waals surface area contributed by atoms with Gasteiger partial charge in [-0.05, 0) is 36.8 Å². The topological polar surface area (TPSA) is 94.5 Å². The van der Waals surface area contributed by atoms with Gasteiger partial charge in [0.05, 0.1) is 45.1 Å². The predicted molar refractivity (Wildman–Crippen MR) is 140 cm³/mol. The van der Waals surface area contributed by atoms with Crippen LogP contribution in [0.1, 0.15) is 30.5 Å². The van der Waals surface area contributed by atoms with E-state index >= 15 is 0 Å². The number of hydrogen-bond donors (Lipinski definition) is 1. The van der Waals surface area contributed by atoms with Crippen molar-refractivity contribution in [2.24, 2.45) is 0 Å². The van der Waals surface area contributed by atoms with Crippen LogP contribution in [0.3, 0.4) is 0 Å². The van der Waals surface area contributed by atoms with Crippen molar-refractivity contribution in [1.29, 1.82) is 0 Å². The van der Waals surface area contributed by atoms with Crippen molar-refractivity contribution >= 4 is 23.1 Å². The summed E-state index contributed by atoms with van der Waals surface area (Å²) in [7, 11) is 4.47. The Bertz CT molecular complexity index is 1350. The molecule has 1 fully saturated rings. The van der Waals surface area contributed by atoms with Crippen molar-refractivity contribution in [2.45, 2.75) is 19.4 Å². The number of carbonyl (C=O) groups excluding carboxylic acids is 2. The van der Waals surface area contributed by atoms with Crippen molar-refractivity contribution < 1.29 is 33.6 Å². The van der Waals surface area contributed by atoms with Crippen molar-refractivity contribution in [1.82, 2.24) is 0 Å². The van der Waals surface area contributed by atoms with E-state index in [1.807, 2.05) is 6.92 Å². The summed E-state index contributed by atoms with van der Waals surface area (Å²) < 4.78 is 22.1. The summed E-state index contributed by atoms with van der Waals surface area (Å²) in [6, 6.07) is 17.9. The minimum Gasteiger partial charge on any atom is -0.507 e. The van der Waals surface area contributed by atoms with Gasteiger partial charge in [-0.1, -0.05) is 31.2 Å². The van der Waals surface area contributed by atoms with Gasteiger partial charge in [-0.3, -0.25) is 14.5 Å². The number of rotatable bonds is 9. The first-order valence-corrected chi connectivity index (χ1v) is 11.8. The summed E-state index contributed by atoms with van der Waals surface area (Å²) in [6.45, 7) is 2.51. The molecule has 37 heavy (non-hydrogen) atoms. The molecule has 0 aliphatic carbocycles. The van der Waals surface area contributed by atoms with Crippen LogP contribution in [0.5, 0.6) is 23.0 Å². The molecule has 8 heteroatoms. The lowest BCUT2D eigenvalue weighted by atomic mass is 9.94. The van der Waals surface area contributed by atoms with Crippen molar-refractivity contribution in [3.05, 3.63) is 83.4 Å². The Morgan fingerprint density at radius 2 is 1.62 bits per heavy atom. The molecule has 1 amide bonds. The van der Waals surface area contributed by atoms with Gasteiger partial charge in [0.15, 0.2) is 0 Å². The third-order valence-electron chi connectivity index (χ3n) is 6.11. The van der Waals surface area contributed by atoms with Gasteiger partial charge in [0.2, 0.25) is 0 Å². The number of benzene rings is 3. The predicted octanol–water partition coefficient (Wildman–Crippen LogP) is 5.13. The van der Waals surface area contributed by atoms with Crippen LogP contribution in [0.4, 0.5) is 5.69 Å². The van der Waals surface area contributed by atoms with Gasteiger partial charge >= 0.3 is 0 Å². The fourth-order valence-corrected chi connectivity index (χ4v) is 4.37. The summed E-state index contributed by atoms with van der Waals surface area (Å²) >= 11 is 0. The van der Waals surface area contributed by atoms with Crippen LogP contribution in [-0.2, 0) is 9.59 Å². The molecular weight excluding hydrogens is 474 g/mol. The number of ketones is 1. The Kier molecular flexibility index (Phi) is 7.67. The van der Waals surface area contributed by atoms with E-state index in [9.17, 15) is 14.7 Å². The number of aliphatic hydroxyl groups excluding tert-OH is 1. The summed E-state index contributed by atoms with van der Waals surface area (Å²) in [6.07, 6.45) is 0.819. The number of ether oxygens (including phenoxy) is 4. The lowest BCUT2D eigenvalue weighted by molar-refractivity contribution is -0.132. The van der Waals surface area contributed by atoms with E-state index in [0.29, 0.717) is 35.1 Å². The van der Waals surface area contributed by atoms with Crippen LogP contribution in [0.2, 0.25) is 0 Å². The Balaban J connectivity index is 1.96. The van der Waals surface area contributed by atoms with Crippen LogP contribution < -0.4 is 23.8 Å². The summed E-state index contributed by atoms with van der Waals surface area (Å²) in [5.41, 5.74) is 1.16. The van der Waals surface area contributed by atoms with E-state index in [2.05, 4.69) is 0 Å². The third-order valence-corrected chi connectivity index (χ3v) is 6.11. The van der Waals surface area contributed by atoms with Crippen LogP contribution >= 0.6 is 0 Å². The average molecular weight is 504 g/mol. The second kappa shape index (κ2) is 11.1. The Labute approximate surface area is 215 Å². The van der Waals surface area contributed by atoms with Gasteiger partial charge in [0.1, 0.15) is 28.8 Å². The zero-order chi connectivity index (χ0) is 26.5. The van der Waals surface area contributed by atoms with Gasteiger partial charge < -0.3 is 24.1 Å². The highest BCUT2D eigenvalue weighted by molar-refractivity contribution is 6.51. The maximum atomic E-state index is 13.5. The van der Waals surface area contributed by atoms with Crippen molar-refractivity contribution in [3.63, 3.8) is 0 Å². The maximum absolute atomic E-state index is 13.5. The Morgan fingerprint density at radius 1 is 0.865 bits per heavy atom. The standard InChI is InChI=1S/C29H29NO7/c1-5-15-37-20-10-8-9-18(16-20)30-26(21-11-6-7-12-23(21)35-3)25(28(32)29(30)33)27(31)22-14-13-19(34-2)17-24(22)36-4/h6-14,16-17,26,31H,5,15H2,1-4H3/b27-25+. The quantitative estimate of drug-likeness (QED) is 0.246. The minimum absolute atomic E-state index is 0.0853. The molecule has 1 N–H and O–H groups in total. The molecule has 1 aliphatic heterocycles. The van der Waals surface area contributed by atoms with Gasteiger partial charge in [0, 0.05) is 23.4 Å². The molecule has 3 aromatic carbocycles. The molecule has 1 saturated heterocycles. The SMILES string of the molecule is CCCOc1cccc(N2C(=O)C(=O)/C(=C(/O)c3ccc(OC)cc3OC)C2c2ccccc2OC)c1. The van der Waals surface area contributed by atoms with Crippen LogP contribution in [0.25, 0.3) is 5.76 Å². The zero-order valence-electron chi connectivity index (χ0n) is 21.2. The van der Waals surface area contributed by atoms with Crippen LogP contribution in [-0.4, -0.2) is 44.7 Å². The van der Waals surface area contributed by atoms with E-state index in [1.54, 1.807) is 66.7 Å². The second-order valence-corrected chi connectivity index (χ2v) is 8.32. The number of amides is 1. The normalized spacial score (nSPS) is 16.5. The molecule has 0 radical (unpaired) electrons. The number of aliphatic hydroxyl groups is 1. The molecule has 0 saturated carbocycles. The molecule has 192 valence electrons. The smallest absolute Gasteiger partial charge is 0.300 e. The van der Waals surface area contributed by atoms with Gasteiger partial charge in [-0.2, -0.15) is 0 Å². The molecule has 3 aromatic rings. The van der Waals surface area contributed by atoms with E-state index in [0.717, 1.165) is 6.42 Å². The molecule has 1 unspecified atom stereocenters. The monoisotopic (exact) mass is 503 g/mol. The van der Waals surface area contributed by atoms with Crippen molar-refractivity contribution in [2.75, 3.05) is 32.8 Å². The van der Waals surface area contributed by atoms with E-state index in [-0.39, 0.29) is 22.6 Å². The average Bonchev–Trinajstić information content (AvgIpc) is 3.20. The Morgan fingerprint density at radius 3 is 2.32 bits per heavy atom. The number of anilines is 1. The fourth-order valence-electron chi connectivity index (χ4n) is 4.37. The van der Waals surface area contributed by atoms with Gasteiger partial charge in [-0.25, -0.2) is 0 Å². The van der Waals surface area contributed by atoms with E-state index in [4.69, 9.17) is 18.9 Å². The zero-order valence-corrected chi connectivity index (χ0v) is 21.2. The molecular formula is C29H29NO7. The van der Waals surface area contributed by atoms with E-state index in [1.165, 1.54) is 26.2 Å². The molecule has 0 spiro atoms. The lowest BCUT2D eigenvalue weighted by Crippen LogP contribution is -2.29. The van der Waals surface area contributed by atoms with E-state index < -0.39 is 17.7 Å². The fraction of sp³-hybridized carbons (Fsp3) is 0.241. The number of carbonyl (C=O) groups is 2. The number of hydrogen-bond acceptors (Lipinski definition) is 7.